The average molecular weight is 609 g/mol. The molecule has 3 aromatic carbocycles. The minimum absolute atomic E-state index is 0.141. The van der Waals surface area contributed by atoms with Crippen molar-refractivity contribution in [3.63, 3.8) is 0 Å². The van der Waals surface area contributed by atoms with E-state index in [1.807, 2.05) is 86.6 Å². The first kappa shape index (κ1) is 30.7. The lowest BCUT2D eigenvalue weighted by Gasteiger charge is -2.39. The molecular formula is C37H40N2O6. The summed E-state index contributed by atoms with van der Waals surface area (Å²) in [7, 11) is 0. The van der Waals surface area contributed by atoms with Crippen molar-refractivity contribution < 1.29 is 29.0 Å². The molecule has 3 aromatic rings. The maximum absolute atomic E-state index is 15.1. The molecule has 234 valence electrons. The molecule has 8 nitrogen and oxygen atoms in total. The molecule has 0 aliphatic carbocycles. The van der Waals surface area contributed by atoms with Gasteiger partial charge in [-0.15, -0.1) is 13.2 Å². The van der Waals surface area contributed by atoms with E-state index in [0.717, 1.165) is 10.8 Å². The van der Waals surface area contributed by atoms with Crippen LogP contribution in [0.3, 0.4) is 0 Å². The lowest BCUT2D eigenvalue weighted by Crippen LogP contribution is -2.57. The average Bonchev–Trinajstić information content (AvgIpc) is 3.57. The molecule has 1 spiro atoms. The van der Waals surface area contributed by atoms with Gasteiger partial charge in [0, 0.05) is 12.2 Å². The highest BCUT2D eigenvalue weighted by Gasteiger charge is 2.81. The fraction of sp³-hybridized carbons (Fsp3) is 0.378. The van der Waals surface area contributed by atoms with Crippen LogP contribution in [0.15, 0.2) is 98.1 Å². The number of nitrogens with zero attached hydrogens (tertiary/aromatic N) is 2. The number of carbonyl (C=O) groups excluding carboxylic acids is 3. The Labute approximate surface area is 263 Å². The zero-order valence-corrected chi connectivity index (χ0v) is 25.8. The Kier molecular flexibility index (Phi) is 8.14. The van der Waals surface area contributed by atoms with Crippen molar-refractivity contribution >= 4 is 34.2 Å². The molecule has 7 atom stereocenters. The molecule has 0 radical (unpaired) electrons. The summed E-state index contributed by atoms with van der Waals surface area (Å²) in [6.07, 6.45) is 4.20. The second-order valence-electron chi connectivity index (χ2n) is 12.6. The maximum Gasteiger partial charge on any atom is 0.312 e. The van der Waals surface area contributed by atoms with E-state index in [0.29, 0.717) is 24.1 Å². The van der Waals surface area contributed by atoms with Crippen LogP contribution in [-0.4, -0.2) is 64.8 Å². The first-order chi connectivity index (χ1) is 21.7. The highest BCUT2D eigenvalue weighted by Crippen LogP contribution is 2.66. The van der Waals surface area contributed by atoms with Crippen LogP contribution >= 0.6 is 0 Å². The minimum Gasteiger partial charge on any atom is -0.465 e. The number of ether oxygens (including phenoxy) is 2. The Morgan fingerprint density at radius 3 is 2.49 bits per heavy atom. The summed E-state index contributed by atoms with van der Waals surface area (Å²) in [4.78, 5) is 46.7. The fourth-order valence-electron chi connectivity index (χ4n) is 7.96. The highest BCUT2D eigenvalue weighted by molar-refractivity contribution is 6.06. The number of aliphatic hydroxyl groups excluding tert-OH is 1. The lowest BCUT2D eigenvalue weighted by atomic mass is 9.62. The highest BCUT2D eigenvalue weighted by atomic mass is 16.6. The van der Waals surface area contributed by atoms with Gasteiger partial charge in [-0.3, -0.25) is 14.4 Å². The van der Waals surface area contributed by atoms with Gasteiger partial charge >= 0.3 is 5.97 Å². The van der Waals surface area contributed by atoms with Gasteiger partial charge in [0.15, 0.2) is 0 Å². The first-order valence-electron chi connectivity index (χ1n) is 15.6. The summed E-state index contributed by atoms with van der Waals surface area (Å²) >= 11 is 0. The Morgan fingerprint density at radius 1 is 1.09 bits per heavy atom. The van der Waals surface area contributed by atoms with E-state index in [1.54, 1.807) is 17.1 Å². The summed E-state index contributed by atoms with van der Waals surface area (Å²) in [6.45, 7) is 11.4. The van der Waals surface area contributed by atoms with Crippen LogP contribution in [0.2, 0.25) is 0 Å². The van der Waals surface area contributed by atoms with Crippen molar-refractivity contribution in [3.05, 3.63) is 104 Å². The number of hydrogen-bond donors (Lipinski definition) is 1. The predicted molar refractivity (Wildman–Crippen MR) is 172 cm³/mol. The Hall–Kier alpha value is -4.27. The van der Waals surface area contributed by atoms with Crippen LogP contribution in [0.1, 0.15) is 38.3 Å². The molecule has 0 saturated carbocycles. The van der Waals surface area contributed by atoms with Crippen molar-refractivity contribution in [2.75, 3.05) is 24.7 Å². The Balaban J connectivity index is 1.50. The van der Waals surface area contributed by atoms with Crippen molar-refractivity contribution in [2.24, 2.45) is 17.8 Å². The molecule has 3 aliphatic heterocycles. The monoisotopic (exact) mass is 608 g/mol. The van der Waals surface area contributed by atoms with E-state index in [9.17, 15) is 14.7 Å². The summed E-state index contributed by atoms with van der Waals surface area (Å²) in [5, 5.41) is 12.8. The van der Waals surface area contributed by atoms with Gasteiger partial charge in [0.25, 0.3) is 5.91 Å². The van der Waals surface area contributed by atoms with E-state index in [-0.39, 0.29) is 25.0 Å². The number of carbonyl (C=O) groups is 3. The van der Waals surface area contributed by atoms with Gasteiger partial charge in [0.1, 0.15) is 17.6 Å². The van der Waals surface area contributed by atoms with E-state index < -0.39 is 53.6 Å². The molecule has 3 unspecified atom stereocenters. The number of hydrogen-bond acceptors (Lipinski definition) is 6. The fourth-order valence-corrected chi connectivity index (χ4v) is 7.96. The number of amides is 2. The van der Waals surface area contributed by atoms with E-state index in [4.69, 9.17) is 9.47 Å². The molecule has 2 bridgehead atoms. The third-order valence-electron chi connectivity index (χ3n) is 10.1. The van der Waals surface area contributed by atoms with Crippen LogP contribution in [0.25, 0.3) is 10.8 Å². The van der Waals surface area contributed by atoms with E-state index in [1.165, 1.54) is 4.90 Å². The number of likely N-dealkylation sites (tertiary alicyclic amines) is 1. The summed E-state index contributed by atoms with van der Waals surface area (Å²) in [5.41, 5.74) is -0.979. The molecule has 0 aromatic heterocycles. The molecule has 3 fully saturated rings. The SMILES string of the molecule is C=CCCOC(=O)[C@@H]1[C@H]2C(=O)N([C@H](CO)c3ccccc3)C(C(=O)N(CC=C)c3ccc4ccccc4c3)C23CC(C)[C@@]1(C)O3. The van der Waals surface area contributed by atoms with Gasteiger partial charge < -0.3 is 24.4 Å². The van der Waals surface area contributed by atoms with E-state index >= 15 is 4.79 Å². The van der Waals surface area contributed by atoms with Crippen LogP contribution in [0, 0.1) is 17.8 Å². The first-order valence-corrected chi connectivity index (χ1v) is 15.6. The normalized spacial score (nSPS) is 29.0. The van der Waals surface area contributed by atoms with E-state index in [2.05, 4.69) is 13.2 Å². The lowest BCUT2D eigenvalue weighted by molar-refractivity contribution is -0.162. The van der Waals surface area contributed by atoms with Crippen molar-refractivity contribution in [1.82, 2.24) is 4.90 Å². The second kappa shape index (κ2) is 11.9. The Bertz CT molecular complexity index is 1640. The molecule has 8 heteroatoms. The number of fused-ring (bicyclic) bond motifs is 2. The summed E-state index contributed by atoms with van der Waals surface area (Å²) < 4.78 is 12.6. The maximum atomic E-state index is 15.1. The van der Waals surface area contributed by atoms with Crippen LogP contribution in [0.4, 0.5) is 5.69 Å². The minimum atomic E-state index is -1.30. The van der Waals surface area contributed by atoms with Gasteiger partial charge in [0.05, 0.1) is 30.8 Å². The molecule has 45 heavy (non-hydrogen) atoms. The molecule has 2 amide bonds. The van der Waals surface area contributed by atoms with Gasteiger partial charge in [-0.25, -0.2) is 0 Å². The van der Waals surface area contributed by atoms with Crippen molar-refractivity contribution in [2.45, 2.75) is 50.0 Å². The Morgan fingerprint density at radius 2 is 1.80 bits per heavy atom. The van der Waals surface area contributed by atoms with Gasteiger partial charge in [-0.05, 0) is 54.2 Å². The topological polar surface area (TPSA) is 96.4 Å². The summed E-state index contributed by atoms with van der Waals surface area (Å²) in [5.74, 6) is -3.28. The van der Waals surface area contributed by atoms with Gasteiger partial charge in [-0.1, -0.05) is 79.7 Å². The van der Waals surface area contributed by atoms with Gasteiger partial charge in [0.2, 0.25) is 5.91 Å². The standard InChI is InChI=1S/C37H40N2O6/c1-5-7-20-44-35(43)31-30-33(41)39(29(23-40)26-14-9-8-10-15-26)32(37(30)22-24(3)36(31,4)45-37)34(42)38(19-6-2)28-18-17-25-13-11-12-16-27(25)21-28/h5-6,8-18,21,24,29-32,40H,1-2,7,19-20,22-23H2,3-4H3/t24?,29-,30+,31+,32?,36-,37?/m1/s1. The second-order valence-corrected chi connectivity index (χ2v) is 12.6. The summed E-state index contributed by atoms with van der Waals surface area (Å²) in [6, 6.07) is 20.9. The number of benzene rings is 3. The number of rotatable bonds is 11. The predicted octanol–water partition coefficient (Wildman–Crippen LogP) is 5.22. The number of esters is 1. The smallest absolute Gasteiger partial charge is 0.312 e. The zero-order chi connectivity index (χ0) is 31.9. The van der Waals surface area contributed by atoms with Crippen molar-refractivity contribution in [1.29, 1.82) is 0 Å². The largest absolute Gasteiger partial charge is 0.465 e. The third-order valence-corrected chi connectivity index (χ3v) is 10.1. The molecule has 1 N–H and O–H groups in total. The number of aliphatic hydroxyl groups is 1. The van der Waals surface area contributed by atoms with Crippen LogP contribution in [-0.2, 0) is 23.9 Å². The quantitative estimate of drug-likeness (QED) is 0.182. The number of anilines is 1. The van der Waals surface area contributed by atoms with Crippen LogP contribution in [0.5, 0.6) is 0 Å². The van der Waals surface area contributed by atoms with Crippen molar-refractivity contribution in [3.8, 4) is 0 Å². The molecule has 3 aliphatic rings. The molecule has 3 saturated heterocycles. The third kappa shape index (κ3) is 4.78. The molecule has 3 heterocycles. The van der Waals surface area contributed by atoms with Gasteiger partial charge in [-0.2, -0.15) is 0 Å². The van der Waals surface area contributed by atoms with Crippen LogP contribution < -0.4 is 4.90 Å². The zero-order valence-electron chi connectivity index (χ0n) is 25.8. The molecule has 6 rings (SSSR count). The molecular weight excluding hydrogens is 568 g/mol.